The van der Waals surface area contributed by atoms with E-state index in [1.165, 1.54) is 16.0 Å². The summed E-state index contributed by atoms with van der Waals surface area (Å²) in [6, 6.07) is 23.5. The molecule has 0 radical (unpaired) electrons. The predicted octanol–water partition coefficient (Wildman–Crippen LogP) is 10.4. The Hall–Kier alpha value is -6.90. The zero-order chi connectivity index (χ0) is 54.1. The van der Waals surface area contributed by atoms with Crippen LogP contribution in [0.25, 0.3) is 32.1 Å². The Morgan fingerprint density at radius 2 is 1.74 bits per heavy atom. The molecule has 74 heavy (non-hydrogen) atoms. The van der Waals surface area contributed by atoms with Crippen LogP contribution in [0.2, 0.25) is 0 Å². The third kappa shape index (κ3) is 13.4. The van der Waals surface area contributed by atoms with Crippen molar-refractivity contribution in [1.82, 2.24) is 20.0 Å². The number of likely N-dealkylation sites (N-methyl/N-ethyl adjacent to an activating group) is 1. The summed E-state index contributed by atoms with van der Waals surface area (Å²) in [6.45, 7) is 15.4. The number of likely N-dealkylation sites (tertiary alicyclic amines) is 1. The van der Waals surface area contributed by atoms with E-state index in [0.29, 0.717) is 41.2 Å². The number of nitrogens with zero attached hydrogens (tertiary/aromatic N) is 6. The number of halogens is 2. The van der Waals surface area contributed by atoms with Gasteiger partial charge in [-0.3, -0.25) is 34.6 Å². The second-order valence-electron chi connectivity index (χ2n) is 18.4. The summed E-state index contributed by atoms with van der Waals surface area (Å²) >= 11 is 1.11. The molecule has 0 bridgehead atoms. The maximum Gasteiger partial charge on any atom is 0.290 e. The maximum absolute atomic E-state index is 15.3. The Balaban J connectivity index is 0.00000138. The lowest BCUT2D eigenvalue weighted by Crippen LogP contribution is -2.52. The van der Waals surface area contributed by atoms with Gasteiger partial charge in [-0.2, -0.15) is 5.12 Å². The molecule has 2 aromatic heterocycles. The third-order valence-corrected chi connectivity index (χ3v) is 14.6. The number of carboxylic acid groups (broad SMARTS) is 1. The van der Waals surface area contributed by atoms with Crippen molar-refractivity contribution in [1.29, 1.82) is 0 Å². The second kappa shape index (κ2) is 27.4. The van der Waals surface area contributed by atoms with Gasteiger partial charge in [-0.05, 0) is 124 Å². The smallest absolute Gasteiger partial charge is 0.290 e. The minimum Gasteiger partial charge on any atom is -0.489 e. The number of hydrogen-bond donors (Lipinski definition) is 5. The van der Waals surface area contributed by atoms with Crippen LogP contribution < -0.4 is 19.9 Å². The van der Waals surface area contributed by atoms with Crippen molar-refractivity contribution >= 4 is 75.4 Å². The first kappa shape index (κ1) is 58.0. The summed E-state index contributed by atoms with van der Waals surface area (Å²) < 4.78 is 35.1. The fraction of sp³-hybridized carbons (Fsp3) is 0.382. The summed E-state index contributed by atoms with van der Waals surface area (Å²) in [6.07, 6.45) is 9.18. The molecule has 6 aromatic rings. The number of aliphatic hydroxyl groups is 1. The van der Waals surface area contributed by atoms with Crippen molar-refractivity contribution in [3.05, 3.63) is 119 Å². The number of aldehydes is 1. The molecule has 2 fully saturated rings. The zero-order valence-electron chi connectivity index (χ0n) is 42.7. The number of hydrogen-bond acceptors (Lipinski definition) is 14. The zero-order valence-corrected chi connectivity index (χ0v) is 43.5. The van der Waals surface area contributed by atoms with Crippen LogP contribution in [0, 0.1) is 12.7 Å². The van der Waals surface area contributed by atoms with Crippen molar-refractivity contribution in [2.45, 2.75) is 96.3 Å². The number of benzene rings is 4. The van der Waals surface area contributed by atoms with E-state index < -0.39 is 17.8 Å². The molecule has 0 saturated carbocycles. The van der Waals surface area contributed by atoms with E-state index >= 15 is 4.39 Å². The van der Waals surface area contributed by atoms with Crippen LogP contribution >= 0.6 is 11.3 Å². The van der Waals surface area contributed by atoms with Gasteiger partial charge in [-0.15, -0.1) is 17.9 Å². The van der Waals surface area contributed by atoms with Gasteiger partial charge in [-0.25, -0.2) is 14.4 Å². The van der Waals surface area contributed by atoms with Gasteiger partial charge in [0.25, 0.3) is 12.4 Å². The first-order valence-corrected chi connectivity index (χ1v) is 25.1. The Bertz CT molecular complexity index is 2860. The lowest BCUT2D eigenvalue weighted by molar-refractivity contribution is -0.176. The molecule has 2 unspecified atom stereocenters. The number of rotatable bonds is 17. The molecule has 0 spiro atoms. The van der Waals surface area contributed by atoms with E-state index in [2.05, 4.69) is 65.9 Å². The molecule has 16 nitrogen and oxygen atoms in total. The third-order valence-electron chi connectivity index (χ3n) is 13.5. The van der Waals surface area contributed by atoms with Gasteiger partial charge in [-0.1, -0.05) is 59.1 Å². The van der Waals surface area contributed by atoms with Gasteiger partial charge in [0, 0.05) is 74.6 Å². The molecule has 2 aliphatic rings. The summed E-state index contributed by atoms with van der Waals surface area (Å²) in [5.74, 6) is -0.293. The van der Waals surface area contributed by atoms with E-state index in [9.17, 15) is 18.9 Å². The number of allylic oxidation sites excluding steroid dienone is 1. The molecule has 2 amide bonds. The maximum atomic E-state index is 15.3. The lowest BCUT2D eigenvalue weighted by Gasteiger charge is -2.46. The Labute approximate surface area is 434 Å². The topological polar surface area (TPSA) is 209 Å². The number of ether oxygens (including phenoxy) is 1. The lowest BCUT2D eigenvalue weighted by atomic mass is 9.85. The number of piperidine rings is 2. The van der Waals surface area contributed by atoms with Gasteiger partial charge in [0.05, 0.1) is 22.7 Å². The number of fused-ring (bicyclic) bond motifs is 2. The van der Waals surface area contributed by atoms with Crippen LogP contribution in [0.3, 0.4) is 0 Å². The largest absolute Gasteiger partial charge is 0.489 e. The molecule has 4 aromatic carbocycles. The number of aromatic nitrogens is 2. The number of carbonyl (C=O) groups excluding carboxylic acids is 3. The number of anilines is 3. The Morgan fingerprint density at radius 3 is 2.39 bits per heavy atom. The average molecular weight is 1040 g/mol. The molecule has 0 aliphatic carbocycles. The van der Waals surface area contributed by atoms with Crippen LogP contribution in [0.5, 0.6) is 5.75 Å². The summed E-state index contributed by atoms with van der Waals surface area (Å²) in [5.41, 5.74) is 6.35. The number of aliphatic hydroxyl groups excluding tert-OH is 1. The van der Waals surface area contributed by atoms with Crippen molar-refractivity contribution in [2.75, 3.05) is 55.5 Å². The highest BCUT2D eigenvalue weighted by atomic mass is 32.1. The highest BCUT2D eigenvalue weighted by Gasteiger charge is 2.35. The van der Waals surface area contributed by atoms with Gasteiger partial charge >= 0.3 is 0 Å². The first-order valence-electron chi connectivity index (χ1n) is 24.3. The molecule has 4 heterocycles. The van der Waals surface area contributed by atoms with E-state index in [1.54, 1.807) is 13.0 Å². The van der Waals surface area contributed by atoms with Crippen LogP contribution in [0.15, 0.2) is 91.6 Å². The average Bonchev–Trinajstić information content (AvgIpc) is 3.73. The van der Waals surface area contributed by atoms with Crippen LogP contribution in [0.4, 0.5) is 26.2 Å². The molecule has 8 rings (SSSR count). The standard InChI is InChI=1S/C53H59F2N7O4S.CH2O2.CH4O.H2O2/c1-7-9-16-45(51(65)59(6)55)62(33-64)44-20-19-41(42-15-10-12-34(3)47(42)44)36-21-24-60(25-22-36)52-56-30-38-18-17-35(27-43(38)58-52)31-61-26-23-40(29-53(61,4)5)57-39-14-11-13-37(28-39)50-48(54)49(66-8-2)46(32-63)67-50;2-1-3;2*1-2/h7,10-15,17-20,27-28,30,32-33,36,40,45,57H,1,8-9,16,21-26,29,31H2,2-6H3;1H,(H,2,3);2H,1H3;1-2H. The van der Waals surface area contributed by atoms with Crippen molar-refractivity contribution in [3.8, 4) is 16.2 Å². The molecule has 2 saturated heterocycles. The van der Waals surface area contributed by atoms with E-state index in [4.69, 9.17) is 40.2 Å². The molecule has 19 heteroatoms. The molecule has 2 atom stereocenters. The SMILES string of the molecule is C=CCCC(C(=O)N(C)F)N(C=O)c1ccc(C2CCN(c3ncc4ccc(CN5CCC(Nc6cccc(-c7sc(C=O)c(OCC)c7F)c6)CC5(C)C)cc4n3)CC2)c2cccc(C)c12.CO.O=CO.OO. The summed E-state index contributed by atoms with van der Waals surface area (Å²) in [7, 11) is 2.06. The minimum atomic E-state index is -1.01. The molecule has 2 aliphatic heterocycles. The molecule has 396 valence electrons. The number of amides is 2. The van der Waals surface area contributed by atoms with Crippen LogP contribution in [0.1, 0.15) is 91.6 Å². The van der Waals surface area contributed by atoms with Crippen LogP contribution in [-0.2, 0) is 20.9 Å². The summed E-state index contributed by atoms with van der Waals surface area (Å²) in [4.78, 5) is 62.4. The van der Waals surface area contributed by atoms with Gasteiger partial charge < -0.3 is 30.1 Å². The van der Waals surface area contributed by atoms with Gasteiger partial charge in [0.15, 0.2) is 17.9 Å². The highest BCUT2D eigenvalue weighted by molar-refractivity contribution is 7.17. The number of carbonyl (C=O) groups is 4. The van der Waals surface area contributed by atoms with Gasteiger partial charge in [0.2, 0.25) is 12.4 Å². The van der Waals surface area contributed by atoms with E-state index in [-0.39, 0.29) is 52.7 Å². The fourth-order valence-corrected chi connectivity index (χ4v) is 11.0. The quantitative estimate of drug-likeness (QED) is 0.0189. The number of aryl methyl sites for hydroxylation is 1. The second-order valence-corrected chi connectivity index (χ2v) is 19.5. The van der Waals surface area contributed by atoms with E-state index in [1.807, 2.05) is 55.6 Å². The molecule has 5 N–H and O–H groups in total. The monoisotopic (exact) mass is 1040 g/mol. The summed E-state index contributed by atoms with van der Waals surface area (Å²) in [5, 5.41) is 32.6. The highest BCUT2D eigenvalue weighted by Crippen LogP contribution is 2.42. The number of thiophene rings is 1. The molecular weight excluding hydrogens is 973 g/mol. The normalized spacial score (nSPS) is 15.7. The van der Waals surface area contributed by atoms with Gasteiger partial charge in [0.1, 0.15) is 10.9 Å². The fourth-order valence-electron chi connectivity index (χ4n) is 10.0. The van der Waals surface area contributed by atoms with E-state index in [0.717, 1.165) is 110 Å². The van der Waals surface area contributed by atoms with Crippen molar-refractivity contribution in [3.63, 3.8) is 0 Å². The minimum absolute atomic E-state index is 0.0218. The first-order chi connectivity index (χ1) is 35.7. The predicted molar refractivity (Wildman–Crippen MR) is 288 cm³/mol. The number of nitrogens with one attached hydrogen (secondary N) is 1. The van der Waals surface area contributed by atoms with Crippen molar-refractivity contribution < 1.29 is 53.5 Å². The Morgan fingerprint density at radius 1 is 1.03 bits per heavy atom. The van der Waals surface area contributed by atoms with Crippen molar-refractivity contribution in [2.24, 2.45) is 0 Å². The Kier molecular flexibility index (Phi) is 21.5. The molecular formula is C55H67F2N7O9S. The van der Waals surface area contributed by atoms with Crippen LogP contribution in [-0.4, -0.2) is 124 Å².